The highest BCUT2D eigenvalue weighted by Gasteiger charge is 2.39. The van der Waals surface area contributed by atoms with Gasteiger partial charge in [0, 0.05) is 11.4 Å². The summed E-state index contributed by atoms with van der Waals surface area (Å²) in [6.07, 6.45) is -5.07. The predicted molar refractivity (Wildman–Crippen MR) is 58.9 cm³/mol. The van der Waals surface area contributed by atoms with Crippen LogP contribution >= 0.6 is 0 Å². The Morgan fingerprint density at radius 3 is 1.80 bits per heavy atom. The summed E-state index contributed by atoms with van der Waals surface area (Å²) < 4.78 is 84.0. The first-order chi connectivity index (χ1) is 9.00. The molecule has 0 aliphatic carbocycles. The van der Waals surface area contributed by atoms with Crippen molar-refractivity contribution >= 4 is 28.3 Å². The number of benzene rings is 1. The van der Waals surface area contributed by atoms with Crippen molar-refractivity contribution in [3.05, 3.63) is 24.3 Å². The van der Waals surface area contributed by atoms with Gasteiger partial charge in [-0.1, -0.05) is 0 Å². The van der Waals surface area contributed by atoms with Crippen molar-refractivity contribution in [3.8, 4) is 0 Å². The van der Waals surface area contributed by atoms with Crippen molar-refractivity contribution in [1.29, 1.82) is 0 Å². The van der Waals surface area contributed by atoms with E-state index in [2.05, 4.69) is 0 Å². The topological polar surface area (TPSA) is 58.2 Å². The molecule has 0 fully saturated rings. The lowest BCUT2D eigenvalue weighted by atomic mass is 10.3. The molecule has 1 amide bonds. The molecule has 2 N–H and O–H groups in total. The van der Waals surface area contributed by atoms with E-state index in [4.69, 9.17) is 0 Å². The molecule has 11 heteroatoms. The lowest BCUT2D eigenvalue weighted by molar-refractivity contribution is -0.167. The zero-order valence-corrected chi connectivity index (χ0v) is 10.1. The Morgan fingerprint density at radius 2 is 1.40 bits per heavy atom. The second kappa shape index (κ2) is 5.69. The van der Waals surface area contributed by atoms with Crippen LogP contribution in [0.15, 0.2) is 24.3 Å². The molecule has 1 rings (SSSR count). The summed E-state index contributed by atoms with van der Waals surface area (Å²) in [6, 6.07) is 3.74. The molecule has 0 aromatic heterocycles. The van der Waals surface area contributed by atoms with Crippen LogP contribution in [0.5, 0.6) is 0 Å². The molecule has 0 heterocycles. The van der Waals surface area contributed by atoms with Crippen LogP contribution in [0.4, 0.5) is 37.7 Å². The number of anilines is 2. The second-order valence-electron chi connectivity index (χ2n) is 3.35. The van der Waals surface area contributed by atoms with E-state index in [1.54, 1.807) is 4.72 Å². The predicted octanol–water partition coefficient (Wildman–Crippen LogP) is 2.78. The van der Waals surface area contributed by atoms with E-state index in [0.717, 1.165) is 24.3 Å². The normalized spacial score (nSPS) is 13.7. The van der Waals surface area contributed by atoms with E-state index in [-0.39, 0.29) is 11.4 Å². The number of hydrogen-bond acceptors (Lipinski definition) is 2. The Bertz CT molecular complexity index is 464. The third-order valence-corrected chi connectivity index (χ3v) is 2.66. The van der Waals surface area contributed by atoms with E-state index < -0.39 is 28.6 Å². The highest BCUT2D eigenvalue weighted by atomic mass is 32.2. The molecule has 0 radical (unpaired) electrons. The van der Waals surface area contributed by atoms with E-state index in [1.807, 2.05) is 0 Å². The van der Waals surface area contributed by atoms with Gasteiger partial charge in [0.1, 0.15) is 0 Å². The Morgan fingerprint density at radius 1 is 0.950 bits per heavy atom. The molecule has 1 aromatic carbocycles. The van der Waals surface area contributed by atoms with Crippen molar-refractivity contribution < 1.29 is 35.3 Å². The van der Waals surface area contributed by atoms with Crippen LogP contribution in [-0.2, 0) is 15.8 Å². The van der Waals surface area contributed by atoms with Crippen LogP contribution < -0.4 is 10.0 Å². The van der Waals surface area contributed by atoms with Crippen LogP contribution in [-0.4, -0.2) is 21.8 Å². The number of rotatable bonds is 3. The number of carbonyl (C=O) groups is 1. The Hall–Kier alpha value is -1.78. The summed E-state index contributed by atoms with van der Waals surface area (Å²) in [6.45, 7) is 0. The third kappa shape index (κ3) is 4.72. The minimum Gasteiger partial charge on any atom is -0.318 e. The van der Waals surface area contributed by atoms with Gasteiger partial charge in [-0.2, -0.15) is 26.3 Å². The first-order valence-corrected chi connectivity index (χ1v) is 5.88. The number of hydrogen-bond donors (Lipinski definition) is 2. The molecule has 0 aliphatic heterocycles. The van der Waals surface area contributed by atoms with Gasteiger partial charge in [0.2, 0.25) is 11.0 Å². The van der Waals surface area contributed by atoms with E-state index in [1.165, 1.54) is 5.32 Å². The van der Waals surface area contributed by atoms with Gasteiger partial charge in [-0.3, -0.25) is 9.52 Å². The molecule has 0 saturated carbocycles. The molecule has 0 aliphatic rings. The van der Waals surface area contributed by atoms with Gasteiger partial charge in [-0.05, 0) is 24.3 Å². The van der Waals surface area contributed by atoms with Gasteiger partial charge in [0.05, 0.1) is 0 Å². The number of alkyl halides is 6. The number of nitrogens with one attached hydrogen (secondary N) is 2. The quantitative estimate of drug-likeness (QED) is 0.842. The largest absolute Gasteiger partial charge is 0.490 e. The average Bonchev–Trinajstić information content (AvgIpc) is 2.29. The first kappa shape index (κ1) is 16.3. The zero-order chi connectivity index (χ0) is 15.6. The van der Waals surface area contributed by atoms with Crippen LogP contribution in [0.25, 0.3) is 0 Å². The van der Waals surface area contributed by atoms with Gasteiger partial charge in [-0.15, -0.1) is 0 Å². The molecule has 1 unspecified atom stereocenters. The molecule has 112 valence electrons. The van der Waals surface area contributed by atoms with Crippen molar-refractivity contribution in [2.75, 3.05) is 10.0 Å². The zero-order valence-electron chi connectivity index (χ0n) is 9.30. The summed E-state index contributed by atoms with van der Waals surface area (Å²) in [5, 5.41) is 1.50. The minimum absolute atomic E-state index is 0.231. The molecule has 0 spiro atoms. The fourth-order valence-electron chi connectivity index (χ4n) is 0.988. The van der Waals surface area contributed by atoms with Gasteiger partial charge in [0.25, 0.3) is 0 Å². The number of carbonyl (C=O) groups excluding carboxylic acids is 1. The molecular weight excluding hydrogens is 314 g/mol. The summed E-state index contributed by atoms with van der Waals surface area (Å²) >= 11 is 0. The van der Waals surface area contributed by atoms with Crippen molar-refractivity contribution in [2.45, 2.75) is 11.7 Å². The van der Waals surface area contributed by atoms with Gasteiger partial charge >= 0.3 is 17.6 Å². The SMILES string of the molecule is O=C(Nc1ccc(NS(=O)C(F)(F)F)cc1)C(F)(F)F. The number of halogens is 6. The summed E-state index contributed by atoms with van der Waals surface area (Å²) in [5.41, 5.74) is -5.47. The van der Waals surface area contributed by atoms with E-state index in [0.29, 0.717) is 0 Å². The lowest BCUT2D eigenvalue weighted by Gasteiger charge is -2.10. The van der Waals surface area contributed by atoms with Crippen LogP contribution in [0.2, 0.25) is 0 Å². The van der Waals surface area contributed by atoms with Gasteiger partial charge in [-0.25, -0.2) is 4.21 Å². The molecular formula is C9H6F6N2O2S. The van der Waals surface area contributed by atoms with Crippen LogP contribution in [0.3, 0.4) is 0 Å². The molecule has 4 nitrogen and oxygen atoms in total. The average molecular weight is 320 g/mol. The Kier molecular flexibility index (Phi) is 4.63. The summed E-state index contributed by atoms with van der Waals surface area (Å²) in [4.78, 5) is 10.6. The van der Waals surface area contributed by atoms with E-state index >= 15 is 0 Å². The first-order valence-electron chi connectivity index (χ1n) is 4.73. The Labute approximate surface area is 110 Å². The van der Waals surface area contributed by atoms with Crippen LogP contribution in [0, 0.1) is 0 Å². The maximum atomic E-state index is 12.0. The minimum atomic E-state index is -5.07. The number of amides is 1. The van der Waals surface area contributed by atoms with Crippen molar-refractivity contribution in [2.24, 2.45) is 0 Å². The third-order valence-electron chi connectivity index (χ3n) is 1.82. The van der Waals surface area contributed by atoms with E-state index in [9.17, 15) is 35.3 Å². The van der Waals surface area contributed by atoms with Gasteiger partial charge < -0.3 is 5.32 Å². The monoisotopic (exact) mass is 320 g/mol. The molecule has 0 bridgehead atoms. The second-order valence-corrected chi connectivity index (χ2v) is 4.55. The molecule has 1 aromatic rings. The fraction of sp³-hybridized carbons (Fsp3) is 0.222. The smallest absolute Gasteiger partial charge is 0.318 e. The van der Waals surface area contributed by atoms with Gasteiger partial charge in [0.15, 0.2) is 0 Å². The molecule has 1 atom stereocenters. The maximum absolute atomic E-state index is 12.0. The summed E-state index contributed by atoms with van der Waals surface area (Å²) in [7, 11) is -3.34. The highest BCUT2D eigenvalue weighted by Crippen LogP contribution is 2.23. The Balaban J connectivity index is 2.71. The van der Waals surface area contributed by atoms with Crippen molar-refractivity contribution in [3.63, 3.8) is 0 Å². The maximum Gasteiger partial charge on any atom is 0.490 e. The fourth-order valence-corrected chi connectivity index (χ4v) is 1.45. The standard InChI is InChI=1S/C9H6F6N2O2S/c10-8(11,12)7(18)16-5-1-3-6(4-2-5)17-20(19)9(13,14)15/h1-4,17H,(H,16,18). The van der Waals surface area contributed by atoms with Crippen molar-refractivity contribution in [1.82, 2.24) is 0 Å². The lowest BCUT2D eigenvalue weighted by Crippen LogP contribution is -2.29. The molecule has 20 heavy (non-hydrogen) atoms. The van der Waals surface area contributed by atoms with Crippen LogP contribution in [0.1, 0.15) is 0 Å². The highest BCUT2D eigenvalue weighted by molar-refractivity contribution is 7.87. The summed E-state index contributed by atoms with van der Waals surface area (Å²) in [5.74, 6) is -2.21. The molecule has 0 saturated heterocycles.